The van der Waals surface area contributed by atoms with Crippen LogP contribution in [0.3, 0.4) is 0 Å². The van der Waals surface area contributed by atoms with Crippen molar-refractivity contribution >= 4 is 17.2 Å². The Kier molecular flexibility index (Phi) is 4.07. The molecule has 4 heteroatoms. The number of rotatable bonds is 3. The summed E-state index contributed by atoms with van der Waals surface area (Å²) in [4.78, 5) is 15.9. The second kappa shape index (κ2) is 5.41. The van der Waals surface area contributed by atoms with Gasteiger partial charge in [0.2, 0.25) is 5.91 Å². The monoisotopic (exact) mass is 266 g/mol. The number of nitrogens with one attached hydrogen (secondary N) is 1. The zero-order chi connectivity index (χ0) is 13.2. The highest BCUT2D eigenvalue weighted by Crippen LogP contribution is 2.30. The first-order valence-electron chi connectivity index (χ1n) is 6.56. The van der Waals surface area contributed by atoms with Crippen LogP contribution in [0.2, 0.25) is 0 Å². The molecule has 3 nitrogen and oxygen atoms in total. The number of amides is 1. The first-order valence-corrected chi connectivity index (χ1v) is 7.44. The van der Waals surface area contributed by atoms with Crippen molar-refractivity contribution < 1.29 is 4.79 Å². The van der Waals surface area contributed by atoms with Gasteiger partial charge in [0.1, 0.15) is 0 Å². The maximum absolute atomic E-state index is 12.7. The number of carbonyl (C=O) groups excluding carboxylic acids is 1. The van der Waals surface area contributed by atoms with E-state index < -0.39 is 5.41 Å². The molecule has 1 amide bonds. The number of carbonyl (C=O) groups is 1. The molecule has 1 aromatic heterocycles. The molecule has 0 bridgehead atoms. The lowest BCUT2D eigenvalue weighted by Gasteiger charge is -2.37. The van der Waals surface area contributed by atoms with Crippen molar-refractivity contribution in [3.63, 3.8) is 0 Å². The van der Waals surface area contributed by atoms with Gasteiger partial charge in [0.25, 0.3) is 0 Å². The molecule has 1 aliphatic rings. The molecule has 0 saturated carbocycles. The average Bonchev–Trinajstić information content (AvgIpc) is 2.92. The molecule has 0 aromatic carbocycles. The minimum atomic E-state index is -0.399. The van der Waals surface area contributed by atoms with Gasteiger partial charge in [-0.15, -0.1) is 11.3 Å². The van der Waals surface area contributed by atoms with Gasteiger partial charge in [-0.25, -0.2) is 0 Å². The topological polar surface area (TPSA) is 32.3 Å². The van der Waals surface area contributed by atoms with Crippen LogP contribution in [0.1, 0.15) is 31.6 Å². The molecule has 1 unspecified atom stereocenters. The molecule has 100 valence electrons. The van der Waals surface area contributed by atoms with Crippen molar-refractivity contribution in [1.82, 2.24) is 10.2 Å². The number of nitrogens with zero attached hydrogens (tertiary/aromatic N) is 1. The van der Waals surface area contributed by atoms with E-state index in [2.05, 4.69) is 11.4 Å². The smallest absolute Gasteiger partial charge is 0.233 e. The number of likely N-dealkylation sites (tertiary alicyclic amines) is 1. The molecule has 1 aromatic rings. The van der Waals surface area contributed by atoms with E-state index in [1.807, 2.05) is 37.2 Å². The Morgan fingerprint density at radius 2 is 2.33 bits per heavy atom. The Labute approximate surface area is 113 Å². The van der Waals surface area contributed by atoms with Crippen LogP contribution in [0, 0.1) is 0 Å². The molecule has 1 atom stereocenters. The molecule has 0 spiro atoms. The molecule has 2 rings (SSSR count). The van der Waals surface area contributed by atoms with E-state index >= 15 is 0 Å². The maximum atomic E-state index is 12.7. The third-order valence-electron chi connectivity index (χ3n) is 3.79. The summed E-state index contributed by atoms with van der Waals surface area (Å²) in [5, 5.41) is 5.32. The lowest BCUT2D eigenvalue weighted by molar-refractivity contribution is -0.137. The van der Waals surface area contributed by atoms with E-state index in [-0.39, 0.29) is 5.91 Å². The van der Waals surface area contributed by atoms with Crippen molar-refractivity contribution in [1.29, 1.82) is 0 Å². The third kappa shape index (κ3) is 2.59. The van der Waals surface area contributed by atoms with E-state index in [0.29, 0.717) is 6.04 Å². The second-order valence-corrected chi connectivity index (χ2v) is 6.43. The number of hydrogen-bond acceptors (Lipinski definition) is 3. The molecule has 0 aliphatic carbocycles. The fraction of sp³-hybridized carbons (Fsp3) is 0.643. The summed E-state index contributed by atoms with van der Waals surface area (Å²) in [5.74, 6) is 0.255. The Bertz CT molecular complexity index is 400. The van der Waals surface area contributed by atoms with E-state index in [1.165, 1.54) is 6.42 Å². The Balaban J connectivity index is 2.11. The van der Waals surface area contributed by atoms with Crippen LogP contribution in [0.5, 0.6) is 0 Å². The largest absolute Gasteiger partial charge is 0.340 e. The lowest BCUT2D eigenvalue weighted by atomic mass is 9.88. The van der Waals surface area contributed by atoms with Crippen LogP contribution in [-0.2, 0) is 10.2 Å². The molecule has 18 heavy (non-hydrogen) atoms. The summed E-state index contributed by atoms with van der Waals surface area (Å²) in [5.41, 5.74) is -0.399. The summed E-state index contributed by atoms with van der Waals surface area (Å²) >= 11 is 1.67. The quantitative estimate of drug-likeness (QED) is 0.910. The van der Waals surface area contributed by atoms with Crippen LogP contribution in [0.4, 0.5) is 0 Å². The van der Waals surface area contributed by atoms with Crippen LogP contribution in [0.25, 0.3) is 0 Å². The molecular weight excluding hydrogens is 244 g/mol. The molecule has 0 radical (unpaired) electrons. The van der Waals surface area contributed by atoms with Crippen molar-refractivity contribution in [3.05, 3.63) is 22.4 Å². The van der Waals surface area contributed by atoms with Crippen molar-refractivity contribution in [2.24, 2.45) is 0 Å². The van der Waals surface area contributed by atoms with Crippen LogP contribution in [0.15, 0.2) is 17.5 Å². The van der Waals surface area contributed by atoms with Crippen molar-refractivity contribution in [2.75, 3.05) is 20.1 Å². The first kappa shape index (κ1) is 13.6. The van der Waals surface area contributed by atoms with Gasteiger partial charge in [-0.2, -0.15) is 0 Å². The second-order valence-electron chi connectivity index (χ2n) is 5.48. The van der Waals surface area contributed by atoms with Crippen LogP contribution in [-0.4, -0.2) is 37.0 Å². The maximum Gasteiger partial charge on any atom is 0.233 e. The minimum absolute atomic E-state index is 0.255. The number of thiophene rings is 1. The van der Waals surface area contributed by atoms with Gasteiger partial charge in [-0.3, -0.25) is 4.79 Å². The standard InChI is InChI=1S/C14H22N2OS/c1-14(2,12-7-5-9-18-12)13(17)16-8-4-6-11(10-16)15-3/h5,7,9,11,15H,4,6,8,10H2,1-3H3. The van der Waals surface area contributed by atoms with Crippen molar-refractivity contribution in [2.45, 2.75) is 38.1 Å². The highest BCUT2D eigenvalue weighted by atomic mass is 32.1. The lowest BCUT2D eigenvalue weighted by Crippen LogP contribution is -2.51. The molecule has 1 aliphatic heterocycles. The van der Waals surface area contributed by atoms with E-state index in [4.69, 9.17) is 0 Å². The van der Waals surface area contributed by atoms with Crippen LogP contribution >= 0.6 is 11.3 Å². The predicted molar refractivity (Wildman–Crippen MR) is 76.0 cm³/mol. The van der Waals surface area contributed by atoms with Crippen LogP contribution < -0.4 is 5.32 Å². The summed E-state index contributed by atoms with van der Waals surface area (Å²) in [6.45, 7) is 5.80. The number of piperidine rings is 1. The SMILES string of the molecule is CNC1CCCN(C(=O)C(C)(C)c2cccs2)C1. The molecular formula is C14H22N2OS. The number of hydrogen-bond donors (Lipinski definition) is 1. The summed E-state index contributed by atoms with van der Waals surface area (Å²) in [7, 11) is 1.98. The van der Waals surface area contributed by atoms with Gasteiger partial charge in [-0.05, 0) is 45.2 Å². The Hall–Kier alpha value is -0.870. The molecule has 1 saturated heterocycles. The van der Waals surface area contributed by atoms with Gasteiger partial charge in [0.15, 0.2) is 0 Å². The zero-order valence-corrected chi connectivity index (χ0v) is 12.2. The van der Waals surface area contributed by atoms with E-state index in [9.17, 15) is 4.79 Å². The van der Waals surface area contributed by atoms with Gasteiger partial charge < -0.3 is 10.2 Å². The summed E-state index contributed by atoms with van der Waals surface area (Å²) in [6.07, 6.45) is 2.26. The predicted octanol–water partition coefficient (Wildman–Crippen LogP) is 2.24. The van der Waals surface area contributed by atoms with Gasteiger partial charge >= 0.3 is 0 Å². The zero-order valence-electron chi connectivity index (χ0n) is 11.4. The summed E-state index contributed by atoms with van der Waals surface area (Å²) < 4.78 is 0. The summed E-state index contributed by atoms with van der Waals surface area (Å²) in [6, 6.07) is 4.52. The third-order valence-corrected chi connectivity index (χ3v) is 4.98. The highest BCUT2D eigenvalue weighted by molar-refractivity contribution is 7.10. The fourth-order valence-electron chi connectivity index (χ4n) is 2.53. The van der Waals surface area contributed by atoms with Gasteiger partial charge in [-0.1, -0.05) is 6.07 Å². The molecule has 2 heterocycles. The normalized spacial score (nSPS) is 21.1. The van der Waals surface area contributed by atoms with Gasteiger partial charge in [0, 0.05) is 24.0 Å². The Morgan fingerprint density at radius 1 is 1.56 bits per heavy atom. The van der Waals surface area contributed by atoms with Gasteiger partial charge in [0.05, 0.1) is 5.41 Å². The number of likely N-dealkylation sites (N-methyl/N-ethyl adjacent to an activating group) is 1. The average molecular weight is 266 g/mol. The highest BCUT2D eigenvalue weighted by Gasteiger charge is 2.36. The fourth-order valence-corrected chi connectivity index (χ4v) is 3.37. The van der Waals surface area contributed by atoms with E-state index in [0.717, 1.165) is 24.4 Å². The van der Waals surface area contributed by atoms with E-state index in [1.54, 1.807) is 11.3 Å². The van der Waals surface area contributed by atoms with Crippen molar-refractivity contribution in [3.8, 4) is 0 Å². The molecule has 1 N–H and O–H groups in total. The minimum Gasteiger partial charge on any atom is -0.340 e. The molecule has 1 fully saturated rings. The first-order chi connectivity index (χ1) is 8.55. The Morgan fingerprint density at radius 3 is 2.94 bits per heavy atom.